The van der Waals surface area contributed by atoms with Crippen LogP contribution in [0, 0.1) is 82.9 Å². The molecule has 0 radical (unpaired) electrons. The van der Waals surface area contributed by atoms with Gasteiger partial charge < -0.3 is 9.47 Å². The summed E-state index contributed by atoms with van der Waals surface area (Å²) < 4.78 is 14.1. The van der Waals surface area contributed by atoms with Gasteiger partial charge in [0.05, 0.1) is 13.2 Å². The van der Waals surface area contributed by atoms with Crippen molar-refractivity contribution in [2.75, 3.05) is 20.3 Å². The van der Waals surface area contributed by atoms with Gasteiger partial charge in [-0.15, -0.1) is 0 Å². The maximum Gasteiger partial charge on any atom is 0.208 e. The number of hydroxylamine groups is 2. The molecule has 10 heteroatoms. The third kappa shape index (κ3) is 43.8. The van der Waals surface area contributed by atoms with Crippen LogP contribution in [0.5, 0.6) is 0 Å². The van der Waals surface area contributed by atoms with E-state index in [1.54, 1.807) is 39.5 Å². The van der Waals surface area contributed by atoms with Crippen LogP contribution in [0.15, 0.2) is 24.3 Å². The van der Waals surface area contributed by atoms with E-state index >= 15 is 0 Å². The van der Waals surface area contributed by atoms with Gasteiger partial charge in [0.15, 0.2) is 31.7 Å². The minimum absolute atomic E-state index is 0.157. The second kappa shape index (κ2) is 44.7. The highest BCUT2D eigenvalue weighted by atomic mass is 32.1. The van der Waals surface area contributed by atoms with Gasteiger partial charge in [0.1, 0.15) is 5.78 Å². The lowest BCUT2D eigenvalue weighted by Gasteiger charge is -2.35. The van der Waals surface area contributed by atoms with Crippen LogP contribution in [-0.2, 0) is 28.7 Å². The standard InChI is InChI=1S/C9H18O2.C8H18NO.C8H14O2.2C8H16.C7H16NO.C7H14O.C7H14S/c1-7(2)9(8(3)4)10-5-6-11-9;1-6(2)8(7(3)4)9(5)10;1-5(2)7(9)8(10)6(3)4;2*1-6(2)8(5)7(3)4;1-6(2)8(5)9-7(3)4;2*1-5(2)7(8)6(3)4/h7-8H,5-6H2,1-4H3;6-7,10H,1-5H3;5-6H,1-4H3;2*6-7H,5H2,1-4H3;6-7H,5H2,1-4H3;2*5-6H,1-4H3/q;+1;;;;+1;;. The molecule has 0 aromatic heterocycles. The number of ether oxygens (including phenoxy) is 2. The molecule has 0 bridgehead atoms. The molecule has 9 nitrogen and oxygen atoms in total. The molecule has 0 amide bonds. The summed E-state index contributed by atoms with van der Waals surface area (Å²) in [4.78, 5) is 39.1. The highest BCUT2D eigenvalue weighted by Crippen LogP contribution is 2.35. The summed E-state index contributed by atoms with van der Waals surface area (Å²) in [6.45, 7) is 78.8. The van der Waals surface area contributed by atoms with Gasteiger partial charge in [0, 0.05) is 61.2 Å². The molecule has 1 saturated heterocycles. The van der Waals surface area contributed by atoms with Gasteiger partial charge in [-0.25, -0.2) is 0 Å². The number of Topliss-reactive ketones (excluding diaryl/α,β-unsaturated/α-hetero) is 3. The van der Waals surface area contributed by atoms with Gasteiger partial charge >= 0.3 is 0 Å². The third-order valence-corrected chi connectivity index (χ3v) is 12.3. The quantitative estimate of drug-likeness (QED) is 0.0275. The number of hydrogen-bond acceptors (Lipinski definition) is 8. The van der Waals surface area contributed by atoms with E-state index in [4.69, 9.17) is 31.7 Å². The molecule has 1 N–H and O–H groups in total. The number of thiocarbonyl (C=S) groups is 1. The summed E-state index contributed by atoms with van der Waals surface area (Å²) in [6, 6.07) is 0.354. The minimum Gasteiger partial charge on any atom is -0.347 e. The van der Waals surface area contributed by atoms with Crippen molar-refractivity contribution < 1.29 is 43.4 Å². The molecule has 0 unspecified atom stereocenters. The Morgan fingerprint density at radius 2 is 0.736 bits per heavy atom. The summed E-state index contributed by atoms with van der Waals surface area (Å²) in [6.07, 6.45) is 0.227. The largest absolute Gasteiger partial charge is 0.347 e. The van der Waals surface area contributed by atoms with Crippen molar-refractivity contribution in [1.82, 2.24) is 0 Å². The van der Waals surface area contributed by atoms with E-state index in [0.29, 0.717) is 71.0 Å². The topological polar surface area (TPSA) is 105 Å². The molecule has 0 spiro atoms. The van der Waals surface area contributed by atoms with Crippen LogP contribution in [0.1, 0.15) is 222 Å². The maximum absolute atomic E-state index is 10.9. The van der Waals surface area contributed by atoms with Crippen molar-refractivity contribution in [2.24, 2.45) is 82.9 Å². The number of rotatable bonds is 18. The number of allylic oxidation sites excluding steroid dienone is 2. The van der Waals surface area contributed by atoms with Crippen molar-refractivity contribution >= 4 is 46.9 Å². The molecule has 0 saturated carbocycles. The van der Waals surface area contributed by atoms with Gasteiger partial charge in [-0.1, -0.05) is 230 Å². The zero-order valence-electron chi connectivity index (χ0n) is 54.0. The lowest BCUT2D eigenvalue weighted by Crippen LogP contribution is -2.41. The second-order valence-electron chi connectivity index (χ2n) is 23.9. The van der Waals surface area contributed by atoms with Crippen LogP contribution in [0.4, 0.5) is 0 Å². The molecule has 1 heterocycles. The van der Waals surface area contributed by atoms with Crippen molar-refractivity contribution in [3.8, 4) is 0 Å². The first kappa shape index (κ1) is 83.4. The summed E-state index contributed by atoms with van der Waals surface area (Å²) >= 11 is 5.10. The zero-order valence-corrected chi connectivity index (χ0v) is 54.8. The van der Waals surface area contributed by atoms with E-state index < -0.39 is 0 Å². The van der Waals surface area contributed by atoms with Crippen LogP contribution in [-0.4, -0.2) is 87.5 Å². The minimum atomic E-state index is -0.306. The molecule has 1 fully saturated rings. The number of ketones is 3. The molecule has 1 rings (SSSR count). The number of hydrogen-bond donors (Lipinski definition) is 1. The predicted octanol–water partition coefficient (Wildman–Crippen LogP) is 16.9. The molecular formula is C62H126N2O7S+2. The third-order valence-electron chi connectivity index (χ3n) is 11.4. The Morgan fingerprint density at radius 1 is 0.472 bits per heavy atom. The van der Waals surface area contributed by atoms with Crippen LogP contribution in [0.2, 0.25) is 0 Å². The molecule has 1 aliphatic rings. The molecule has 0 atom stereocenters. The van der Waals surface area contributed by atoms with Crippen molar-refractivity contribution in [2.45, 2.75) is 239 Å². The van der Waals surface area contributed by atoms with Gasteiger partial charge in [-0.2, -0.15) is 0 Å². The first-order valence-electron chi connectivity index (χ1n) is 27.6. The zero-order chi connectivity index (χ0) is 59.5. The highest BCUT2D eigenvalue weighted by Gasteiger charge is 2.42. The average molecular weight is 1040 g/mol. The monoisotopic (exact) mass is 1040 g/mol. The Labute approximate surface area is 455 Å². The first-order valence-corrected chi connectivity index (χ1v) is 28.0. The summed E-state index contributed by atoms with van der Waals surface area (Å²) in [7, 11) is 1.68. The fraction of sp³-hybridized carbons (Fsp3) is 0.839. The van der Waals surface area contributed by atoms with Gasteiger partial charge in [-0.3, -0.25) is 24.4 Å². The van der Waals surface area contributed by atoms with E-state index in [1.165, 1.54) is 20.7 Å². The van der Waals surface area contributed by atoms with Gasteiger partial charge in [0.25, 0.3) is 0 Å². The number of carbonyl (C=O) groups is 3. The van der Waals surface area contributed by atoms with E-state index in [0.717, 1.165) is 18.9 Å². The Bertz CT molecular complexity index is 1320. The maximum atomic E-state index is 10.9. The van der Waals surface area contributed by atoms with Gasteiger partial charge in [-0.05, 0) is 63.7 Å². The first-order chi connectivity index (χ1) is 32.3. The normalized spacial score (nSPS) is 12.6. The smallest absolute Gasteiger partial charge is 0.208 e. The second-order valence-corrected chi connectivity index (χ2v) is 24.4. The molecule has 0 aliphatic carbocycles. The van der Waals surface area contributed by atoms with Gasteiger partial charge in [0.2, 0.25) is 17.3 Å². The van der Waals surface area contributed by atoms with E-state index in [-0.39, 0.29) is 47.1 Å². The Hall–Kier alpha value is -2.56. The lowest BCUT2D eigenvalue weighted by atomic mass is 9.92. The van der Waals surface area contributed by atoms with E-state index in [9.17, 15) is 14.4 Å². The summed E-state index contributed by atoms with van der Waals surface area (Å²) in [5.74, 6) is 5.09. The average Bonchev–Trinajstić information content (AvgIpc) is 3.75. The summed E-state index contributed by atoms with van der Waals surface area (Å²) in [5, 5.41) is 9.15. The fourth-order valence-corrected chi connectivity index (χ4v) is 6.82. The number of nitrogens with zero attached hydrogens (tertiary/aromatic N) is 2. The lowest BCUT2D eigenvalue weighted by molar-refractivity contribution is -0.809. The molecule has 430 valence electrons. The summed E-state index contributed by atoms with van der Waals surface area (Å²) in [5.41, 5.74) is 3.79. The fourth-order valence-electron chi connectivity index (χ4n) is 6.82. The van der Waals surface area contributed by atoms with Crippen molar-refractivity contribution in [3.63, 3.8) is 0 Å². The molecule has 0 aromatic carbocycles. The van der Waals surface area contributed by atoms with Crippen molar-refractivity contribution in [3.05, 3.63) is 24.3 Å². The molecule has 1 aliphatic heterocycles. The molecule has 72 heavy (non-hydrogen) atoms. The van der Waals surface area contributed by atoms with E-state index in [1.807, 2.05) is 55.4 Å². The predicted molar refractivity (Wildman–Crippen MR) is 320 cm³/mol. The van der Waals surface area contributed by atoms with Crippen LogP contribution < -0.4 is 0 Å². The Morgan fingerprint density at radius 3 is 0.792 bits per heavy atom. The van der Waals surface area contributed by atoms with Crippen LogP contribution >= 0.6 is 12.2 Å². The van der Waals surface area contributed by atoms with E-state index in [2.05, 4.69) is 158 Å². The SMILES string of the molecule is C=C(C(C)C)C(C)C.C=C(C(C)C)C(C)C.C=[N+](OC(C)C)C(C)C.CC(C)C(=O)C(=O)C(C)C.CC(C)C(=O)C(C)C.CC(C)C(=S)C(C)C.CC(C)C(C(C)C)=[N+](C)O.CC(C)C1(C(C)C)OCCO1. The van der Waals surface area contributed by atoms with Crippen LogP contribution in [0.25, 0.3) is 0 Å². The molecular weight excluding hydrogens is 917 g/mol. The number of carbonyl (C=O) groups excluding carboxylic acids is 3. The Kier molecular flexibility index (Phi) is 51.8. The van der Waals surface area contributed by atoms with Crippen LogP contribution in [0.3, 0.4) is 0 Å². The Balaban J connectivity index is -0.000000135. The molecule has 0 aromatic rings. The van der Waals surface area contributed by atoms with Crippen molar-refractivity contribution in [1.29, 1.82) is 0 Å². The highest BCUT2D eigenvalue weighted by molar-refractivity contribution is 7.80.